The summed E-state index contributed by atoms with van der Waals surface area (Å²) in [6.45, 7) is 2.77. The molecule has 0 bridgehead atoms. The predicted octanol–water partition coefficient (Wildman–Crippen LogP) is 3.83. The Morgan fingerprint density at radius 1 is 1.06 bits per heavy atom. The summed E-state index contributed by atoms with van der Waals surface area (Å²) in [5.74, 6) is 0.600. The van der Waals surface area contributed by atoms with Crippen molar-refractivity contribution in [3.8, 4) is 5.75 Å². The third-order valence-electron chi connectivity index (χ3n) is 5.65. The molecule has 0 fully saturated rings. The van der Waals surface area contributed by atoms with Gasteiger partial charge >= 0.3 is 0 Å². The maximum absolute atomic E-state index is 13.6. The Labute approximate surface area is 190 Å². The maximum Gasteiger partial charge on any atom is 0.254 e. The van der Waals surface area contributed by atoms with Crippen LogP contribution in [0, 0.1) is 6.92 Å². The van der Waals surface area contributed by atoms with Gasteiger partial charge in [-0.2, -0.15) is 4.52 Å². The molecule has 2 aromatic carbocycles. The van der Waals surface area contributed by atoms with Crippen molar-refractivity contribution < 1.29 is 9.53 Å². The van der Waals surface area contributed by atoms with Crippen molar-refractivity contribution in [2.75, 3.05) is 7.11 Å². The lowest BCUT2D eigenvalue weighted by Gasteiger charge is -2.23. The van der Waals surface area contributed by atoms with Crippen LogP contribution in [-0.4, -0.2) is 42.9 Å². The van der Waals surface area contributed by atoms with Crippen LogP contribution >= 0.6 is 0 Å². The quantitative estimate of drug-likeness (QED) is 0.401. The lowest BCUT2D eigenvalue weighted by atomic mass is 10.1. The topological polar surface area (TPSA) is 85.5 Å². The number of carbonyl (C=O) groups excluding carboxylic acids is 1. The van der Waals surface area contributed by atoms with Crippen LogP contribution < -0.4 is 4.74 Å². The van der Waals surface area contributed by atoms with Crippen LogP contribution in [-0.2, 0) is 13.1 Å². The first kappa shape index (κ1) is 20.6. The molecule has 8 nitrogen and oxygen atoms in total. The van der Waals surface area contributed by atoms with E-state index < -0.39 is 0 Å². The van der Waals surface area contributed by atoms with Gasteiger partial charge in [0.2, 0.25) is 0 Å². The summed E-state index contributed by atoms with van der Waals surface area (Å²) in [4.78, 5) is 19.5. The van der Waals surface area contributed by atoms with Gasteiger partial charge in [0.05, 0.1) is 19.2 Å². The molecule has 3 heterocycles. The highest BCUT2D eigenvalue weighted by Gasteiger charge is 2.20. The van der Waals surface area contributed by atoms with E-state index in [0.29, 0.717) is 30.0 Å². The van der Waals surface area contributed by atoms with E-state index in [1.165, 1.54) is 0 Å². The second kappa shape index (κ2) is 8.66. The standard InChI is InChI=1S/C25H22N6O2/c1-17-5-3-7-20-13-21(24-27-28-29-31(24)23(17)20)16-30(15-18-6-4-12-26-14-18)25(32)19-8-10-22(33-2)11-9-19/h3-14H,15-16H2,1-2H3. The third kappa shape index (κ3) is 3.98. The molecule has 0 aliphatic heterocycles. The van der Waals surface area contributed by atoms with E-state index in [4.69, 9.17) is 4.74 Å². The van der Waals surface area contributed by atoms with Crippen molar-refractivity contribution in [2.45, 2.75) is 20.0 Å². The van der Waals surface area contributed by atoms with Gasteiger partial charge in [-0.3, -0.25) is 9.78 Å². The number of tetrazole rings is 1. The number of aromatic nitrogens is 5. The molecule has 164 valence electrons. The highest BCUT2D eigenvalue weighted by atomic mass is 16.5. The van der Waals surface area contributed by atoms with Gasteiger partial charge in [0.25, 0.3) is 5.91 Å². The van der Waals surface area contributed by atoms with E-state index in [1.54, 1.807) is 53.2 Å². The fourth-order valence-electron chi connectivity index (χ4n) is 4.03. The molecule has 8 heteroatoms. The van der Waals surface area contributed by atoms with Gasteiger partial charge in [-0.15, -0.1) is 5.10 Å². The van der Waals surface area contributed by atoms with Crippen LogP contribution in [0.3, 0.4) is 0 Å². The molecule has 0 atom stereocenters. The fraction of sp³-hybridized carbons (Fsp3) is 0.160. The molecule has 0 radical (unpaired) electrons. The molecule has 3 aromatic heterocycles. The number of aryl methyl sites for hydroxylation is 1. The zero-order chi connectivity index (χ0) is 22.8. The van der Waals surface area contributed by atoms with E-state index in [2.05, 4.69) is 26.6 Å². The summed E-state index contributed by atoms with van der Waals surface area (Å²) in [5, 5.41) is 13.4. The molecule has 0 N–H and O–H groups in total. The van der Waals surface area contributed by atoms with Crippen molar-refractivity contribution in [1.29, 1.82) is 0 Å². The van der Waals surface area contributed by atoms with Crippen LogP contribution in [0.1, 0.15) is 27.0 Å². The Balaban J connectivity index is 1.57. The fourth-order valence-corrected chi connectivity index (χ4v) is 4.03. The van der Waals surface area contributed by atoms with Crippen molar-refractivity contribution in [3.05, 3.63) is 95.3 Å². The number of amides is 1. The summed E-state index contributed by atoms with van der Waals surface area (Å²) in [6.07, 6.45) is 3.49. The first-order valence-corrected chi connectivity index (χ1v) is 10.6. The number of carbonyl (C=O) groups is 1. The molecule has 0 unspecified atom stereocenters. The third-order valence-corrected chi connectivity index (χ3v) is 5.65. The van der Waals surface area contributed by atoms with Crippen LogP contribution in [0.5, 0.6) is 5.75 Å². The number of ether oxygens (including phenoxy) is 1. The van der Waals surface area contributed by atoms with Crippen molar-refractivity contribution in [3.63, 3.8) is 0 Å². The lowest BCUT2D eigenvalue weighted by molar-refractivity contribution is 0.0730. The van der Waals surface area contributed by atoms with E-state index in [1.807, 2.05) is 37.3 Å². The van der Waals surface area contributed by atoms with E-state index in [-0.39, 0.29) is 5.91 Å². The van der Waals surface area contributed by atoms with Crippen LogP contribution in [0.15, 0.2) is 73.1 Å². The Bertz CT molecular complexity index is 1430. The Hall–Kier alpha value is -4.33. The molecule has 0 aliphatic rings. The first-order chi connectivity index (χ1) is 16.1. The second-order valence-electron chi connectivity index (χ2n) is 7.85. The van der Waals surface area contributed by atoms with Crippen molar-refractivity contribution in [1.82, 2.24) is 29.9 Å². The van der Waals surface area contributed by atoms with Crippen molar-refractivity contribution in [2.24, 2.45) is 0 Å². The van der Waals surface area contributed by atoms with Crippen LogP contribution in [0.4, 0.5) is 0 Å². The average Bonchev–Trinajstić information content (AvgIpc) is 3.34. The first-order valence-electron chi connectivity index (χ1n) is 10.6. The second-order valence-corrected chi connectivity index (χ2v) is 7.85. The van der Waals surface area contributed by atoms with Gasteiger partial charge in [-0.1, -0.05) is 24.3 Å². The minimum absolute atomic E-state index is 0.100. The van der Waals surface area contributed by atoms with Crippen molar-refractivity contribution >= 4 is 22.5 Å². The zero-order valence-corrected chi connectivity index (χ0v) is 18.3. The number of benzene rings is 2. The molecular weight excluding hydrogens is 416 g/mol. The van der Waals surface area contributed by atoms with Gasteiger partial charge in [-0.25, -0.2) is 0 Å². The van der Waals surface area contributed by atoms with Gasteiger partial charge in [-0.05, 0) is 64.9 Å². The molecule has 0 spiro atoms. The normalized spacial score (nSPS) is 11.1. The number of hydrogen-bond acceptors (Lipinski definition) is 6. The number of pyridine rings is 2. The average molecular weight is 438 g/mol. The van der Waals surface area contributed by atoms with Gasteiger partial charge in [0.15, 0.2) is 5.65 Å². The minimum Gasteiger partial charge on any atom is -0.497 e. The molecule has 5 aromatic rings. The molecule has 0 saturated heterocycles. The molecule has 5 rings (SSSR count). The van der Waals surface area contributed by atoms with E-state index in [9.17, 15) is 4.79 Å². The van der Waals surface area contributed by atoms with Crippen LogP contribution in [0.2, 0.25) is 0 Å². The molecule has 33 heavy (non-hydrogen) atoms. The summed E-state index contributed by atoms with van der Waals surface area (Å²) >= 11 is 0. The number of methoxy groups -OCH3 is 1. The molecule has 0 saturated carbocycles. The molecule has 0 aliphatic carbocycles. The Morgan fingerprint density at radius 2 is 1.91 bits per heavy atom. The largest absolute Gasteiger partial charge is 0.497 e. The SMILES string of the molecule is COc1ccc(C(=O)N(Cc2cccnc2)Cc2cc3cccc(C)c3n3nnnc23)cc1. The number of nitrogens with zero attached hydrogens (tertiary/aromatic N) is 6. The Kier molecular flexibility index (Phi) is 5.40. The minimum atomic E-state index is -0.100. The zero-order valence-electron chi connectivity index (χ0n) is 18.3. The number of hydrogen-bond donors (Lipinski definition) is 0. The summed E-state index contributed by atoms with van der Waals surface area (Å²) in [7, 11) is 1.60. The smallest absolute Gasteiger partial charge is 0.254 e. The predicted molar refractivity (Wildman–Crippen MR) is 124 cm³/mol. The van der Waals surface area contributed by atoms with E-state index >= 15 is 0 Å². The highest BCUT2D eigenvalue weighted by molar-refractivity contribution is 5.94. The number of para-hydroxylation sites is 1. The summed E-state index contributed by atoms with van der Waals surface area (Å²) in [5.41, 5.74) is 5.05. The molecule has 1 amide bonds. The van der Waals surface area contributed by atoms with Crippen LogP contribution in [0.25, 0.3) is 16.6 Å². The lowest BCUT2D eigenvalue weighted by Crippen LogP contribution is -2.30. The monoisotopic (exact) mass is 438 g/mol. The summed E-state index contributed by atoms with van der Waals surface area (Å²) in [6, 6.07) is 19.1. The van der Waals surface area contributed by atoms with Gasteiger partial charge < -0.3 is 9.64 Å². The van der Waals surface area contributed by atoms with Gasteiger partial charge in [0, 0.05) is 35.5 Å². The summed E-state index contributed by atoms with van der Waals surface area (Å²) < 4.78 is 6.98. The Morgan fingerprint density at radius 3 is 2.67 bits per heavy atom. The van der Waals surface area contributed by atoms with E-state index in [0.717, 1.165) is 27.6 Å². The highest BCUT2D eigenvalue weighted by Crippen LogP contribution is 2.24. The van der Waals surface area contributed by atoms with Gasteiger partial charge in [0.1, 0.15) is 5.75 Å². The number of rotatable bonds is 6. The maximum atomic E-state index is 13.6. The number of fused-ring (bicyclic) bond motifs is 3. The molecular formula is C25H22N6O2.